The Balaban J connectivity index is 2.55. The summed E-state index contributed by atoms with van der Waals surface area (Å²) in [4.78, 5) is 22.0. The lowest BCUT2D eigenvalue weighted by Crippen LogP contribution is -2.33. The Labute approximate surface area is 80.5 Å². The standard InChI is InChI=1S/C8H11FN2O3/c1-3-14-6(12)4-11-8(13)7(9)5(2)10-11/h7H,3-4H2,1-2H3. The molecule has 0 aliphatic carbocycles. The maximum absolute atomic E-state index is 12.9. The molecule has 14 heavy (non-hydrogen) atoms. The number of esters is 1. The smallest absolute Gasteiger partial charge is 0.327 e. The predicted molar refractivity (Wildman–Crippen MR) is 46.4 cm³/mol. The summed E-state index contributed by atoms with van der Waals surface area (Å²) in [5.41, 5.74) is 0.0688. The van der Waals surface area contributed by atoms with Crippen molar-refractivity contribution in [1.29, 1.82) is 0 Å². The van der Waals surface area contributed by atoms with E-state index in [2.05, 4.69) is 9.84 Å². The molecule has 0 fully saturated rings. The molecule has 0 aromatic rings. The molecule has 1 unspecified atom stereocenters. The van der Waals surface area contributed by atoms with Crippen molar-refractivity contribution in [3.63, 3.8) is 0 Å². The summed E-state index contributed by atoms with van der Waals surface area (Å²) in [7, 11) is 0. The molecule has 0 spiro atoms. The van der Waals surface area contributed by atoms with Crippen molar-refractivity contribution in [2.45, 2.75) is 20.0 Å². The van der Waals surface area contributed by atoms with E-state index in [9.17, 15) is 14.0 Å². The van der Waals surface area contributed by atoms with Crippen LogP contribution in [0.25, 0.3) is 0 Å². The summed E-state index contributed by atoms with van der Waals surface area (Å²) >= 11 is 0. The zero-order valence-corrected chi connectivity index (χ0v) is 7.99. The number of ether oxygens (including phenoxy) is 1. The Morgan fingerprint density at radius 1 is 1.71 bits per heavy atom. The van der Waals surface area contributed by atoms with Crippen LogP contribution in [-0.2, 0) is 14.3 Å². The van der Waals surface area contributed by atoms with E-state index >= 15 is 0 Å². The fourth-order valence-corrected chi connectivity index (χ4v) is 1.04. The molecular formula is C8H11FN2O3. The van der Waals surface area contributed by atoms with Gasteiger partial charge in [0.05, 0.1) is 12.3 Å². The Morgan fingerprint density at radius 2 is 2.36 bits per heavy atom. The summed E-state index contributed by atoms with van der Waals surface area (Å²) in [5.74, 6) is -1.40. The van der Waals surface area contributed by atoms with Crippen molar-refractivity contribution < 1.29 is 18.7 Å². The SMILES string of the molecule is CCOC(=O)CN1N=C(C)C(F)C1=O. The molecule has 1 rings (SSSR count). The van der Waals surface area contributed by atoms with E-state index in [0.717, 1.165) is 5.01 Å². The number of hydrogen-bond donors (Lipinski definition) is 0. The first-order chi connectivity index (χ1) is 6.56. The molecule has 0 saturated carbocycles. The van der Waals surface area contributed by atoms with Crippen LogP contribution >= 0.6 is 0 Å². The number of rotatable bonds is 3. The lowest BCUT2D eigenvalue weighted by Gasteiger charge is -2.10. The second kappa shape index (κ2) is 4.17. The van der Waals surface area contributed by atoms with Gasteiger partial charge in [0.25, 0.3) is 5.91 Å². The normalized spacial score (nSPS) is 21.1. The van der Waals surface area contributed by atoms with Gasteiger partial charge in [0.2, 0.25) is 6.17 Å². The molecule has 1 aliphatic rings. The summed E-state index contributed by atoms with van der Waals surface area (Å²) in [6.45, 7) is 2.94. The maximum atomic E-state index is 12.9. The number of amides is 1. The van der Waals surface area contributed by atoms with Crippen LogP contribution in [0.5, 0.6) is 0 Å². The topological polar surface area (TPSA) is 59.0 Å². The van der Waals surface area contributed by atoms with E-state index in [4.69, 9.17) is 0 Å². The van der Waals surface area contributed by atoms with Gasteiger partial charge in [-0.2, -0.15) is 5.10 Å². The van der Waals surface area contributed by atoms with E-state index < -0.39 is 18.0 Å². The first-order valence-corrected chi connectivity index (χ1v) is 4.22. The second-order valence-electron chi connectivity index (χ2n) is 2.80. The van der Waals surface area contributed by atoms with Crippen LogP contribution in [0.2, 0.25) is 0 Å². The molecule has 6 heteroatoms. The predicted octanol–water partition coefficient (Wildman–Crippen LogP) is 0.106. The van der Waals surface area contributed by atoms with Crippen molar-refractivity contribution in [3.8, 4) is 0 Å². The van der Waals surface area contributed by atoms with Gasteiger partial charge in [0.1, 0.15) is 6.54 Å². The molecule has 0 N–H and O–H groups in total. The molecule has 0 bridgehead atoms. The highest BCUT2D eigenvalue weighted by Crippen LogP contribution is 2.11. The molecule has 0 radical (unpaired) electrons. The minimum absolute atomic E-state index is 0.0688. The first kappa shape index (κ1) is 10.6. The van der Waals surface area contributed by atoms with Gasteiger partial charge in [-0.25, -0.2) is 9.40 Å². The number of hydrogen-bond acceptors (Lipinski definition) is 4. The van der Waals surface area contributed by atoms with Crippen molar-refractivity contribution in [3.05, 3.63) is 0 Å². The van der Waals surface area contributed by atoms with Crippen LogP contribution in [0.1, 0.15) is 13.8 Å². The first-order valence-electron chi connectivity index (χ1n) is 4.22. The van der Waals surface area contributed by atoms with E-state index in [0.29, 0.717) is 0 Å². The van der Waals surface area contributed by atoms with Crippen LogP contribution in [0.3, 0.4) is 0 Å². The number of carbonyl (C=O) groups excluding carboxylic acids is 2. The summed E-state index contributed by atoms with van der Waals surface area (Å²) in [6.07, 6.45) is -1.72. The van der Waals surface area contributed by atoms with E-state index in [1.54, 1.807) is 6.92 Å². The minimum atomic E-state index is -1.72. The van der Waals surface area contributed by atoms with Crippen LogP contribution in [-0.4, -0.2) is 41.9 Å². The molecule has 0 aromatic carbocycles. The highest BCUT2D eigenvalue weighted by Gasteiger charge is 2.34. The molecule has 1 atom stereocenters. The third-order valence-corrected chi connectivity index (χ3v) is 1.70. The van der Waals surface area contributed by atoms with Crippen LogP contribution < -0.4 is 0 Å². The Bertz CT molecular complexity index is 290. The van der Waals surface area contributed by atoms with Crippen molar-refractivity contribution in [2.24, 2.45) is 5.10 Å². The van der Waals surface area contributed by atoms with Gasteiger partial charge in [-0.05, 0) is 13.8 Å². The Morgan fingerprint density at radius 3 is 2.79 bits per heavy atom. The molecule has 5 nitrogen and oxygen atoms in total. The van der Waals surface area contributed by atoms with Gasteiger partial charge >= 0.3 is 5.97 Å². The fourth-order valence-electron chi connectivity index (χ4n) is 1.04. The van der Waals surface area contributed by atoms with Gasteiger partial charge in [-0.15, -0.1) is 0 Å². The van der Waals surface area contributed by atoms with Crippen molar-refractivity contribution >= 4 is 17.6 Å². The van der Waals surface area contributed by atoms with E-state index in [1.807, 2.05) is 0 Å². The number of hydrazone groups is 1. The monoisotopic (exact) mass is 202 g/mol. The van der Waals surface area contributed by atoms with Gasteiger partial charge in [0.15, 0.2) is 0 Å². The van der Waals surface area contributed by atoms with Crippen LogP contribution in [0.15, 0.2) is 5.10 Å². The zero-order valence-electron chi connectivity index (χ0n) is 7.99. The minimum Gasteiger partial charge on any atom is -0.465 e. The Hall–Kier alpha value is -1.46. The maximum Gasteiger partial charge on any atom is 0.327 e. The molecule has 1 aliphatic heterocycles. The lowest BCUT2D eigenvalue weighted by atomic mass is 10.3. The van der Waals surface area contributed by atoms with Crippen LogP contribution in [0, 0.1) is 0 Å². The molecule has 1 heterocycles. The molecular weight excluding hydrogens is 191 g/mol. The largest absolute Gasteiger partial charge is 0.465 e. The molecule has 1 amide bonds. The van der Waals surface area contributed by atoms with Gasteiger partial charge in [-0.3, -0.25) is 9.59 Å². The molecule has 78 valence electrons. The van der Waals surface area contributed by atoms with Crippen LogP contribution in [0.4, 0.5) is 4.39 Å². The number of halogens is 1. The summed E-state index contributed by atoms with van der Waals surface area (Å²) < 4.78 is 17.5. The number of carbonyl (C=O) groups is 2. The molecule has 0 saturated heterocycles. The summed E-state index contributed by atoms with van der Waals surface area (Å²) in [5, 5.41) is 4.39. The number of nitrogens with zero attached hydrogens (tertiary/aromatic N) is 2. The van der Waals surface area contributed by atoms with Gasteiger partial charge in [-0.1, -0.05) is 0 Å². The highest BCUT2D eigenvalue weighted by atomic mass is 19.1. The van der Waals surface area contributed by atoms with Crippen molar-refractivity contribution in [1.82, 2.24) is 5.01 Å². The number of alkyl halides is 1. The summed E-state index contributed by atoms with van der Waals surface area (Å²) in [6, 6.07) is 0. The van der Waals surface area contributed by atoms with Gasteiger partial charge in [0, 0.05) is 0 Å². The third kappa shape index (κ3) is 2.07. The quantitative estimate of drug-likeness (QED) is 0.610. The van der Waals surface area contributed by atoms with E-state index in [-0.39, 0.29) is 18.9 Å². The van der Waals surface area contributed by atoms with Gasteiger partial charge < -0.3 is 4.74 Å². The molecule has 0 aromatic heterocycles. The fraction of sp³-hybridized carbons (Fsp3) is 0.625. The zero-order chi connectivity index (χ0) is 10.7. The third-order valence-electron chi connectivity index (χ3n) is 1.70. The average Bonchev–Trinajstić information content (AvgIpc) is 2.34. The highest BCUT2D eigenvalue weighted by molar-refractivity contribution is 6.10. The average molecular weight is 202 g/mol. The van der Waals surface area contributed by atoms with E-state index in [1.165, 1.54) is 6.92 Å². The van der Waals surface area contributed by atoms with Crippen molar-refractivity contribution in [2.75, 3.05) is 13.2 Å². The Kier molecular flexibility index (Phi) is 3.16. The lowest BCUT2D eigenvalue weighted by molar-refractivity contribution is -0.149. The second-order valence-corrected chi connectivity index (χ2v) is 2.80.